The number of methoxy groups -OCH3 is 1. The molecule has 0 saturated heterocycles. The molecule has 3 N–H and O–H groups in total. The van der Waals surface area contributed by atoms with Crippen LogP contribution in [-0.4, -0.2) is 33.1 Å². The minimum absolute atomic E-state index is 0.0965. The molecule has 0 saturated carbocycles. The number of hydrogen-bond acceptors (Lipinski definition) is 3. The van der Waals surface area contributed by atoms with Crippen LogP contribution >= 0.6 is 0 Å². The average Bonchev–Trinajstić information content (AvgIpc) is 2.25. The topological polar surface area (TPSA) is 62.3 Å². The van der Waals surface area contributed by atoms with Crippen LogP contribution in [-0.2, 0) is 4.74 Å². The second kappa shape index (κ2) is 5.51. The first-order valence-corrected chi connectivity index (χ1v) is 5.21. The molecule has 16 heavy (non-hydrogen) atoms. The summed E-state index contributed by atoms with van der Waals surface area (Å²) >= 11 is 0. The minimum atomic E-state index is 0.0965. The zero-order valence-electron chi connectivity index (χ0n) is 10.1. The summed E-state index contributed by atoms with van der Waals surface area (Å²) in [7, 11) is 3.65. The molecule has 4 nitrogen and oxygen atoms in total. The molecule has 1 aromatic carbocycles. The molecule has 88 valence electrons. The van der Waals surface area contributed by atoms with E-state index < -0.39 is 0 Å². The molecule has 4 heteroatoms. The van der Waals surface area contributed by atoms with E-state index in [0.717, 1.165) is 23.4 Å². The highest BCUT2D eigenvalue weighted by Gasteiger charge is 2.09. The molecule has 0 aromatic heterocycles. The van der Waals surface area contributed by atoms with Gasteiger partial charge in [0.1, 0.15) is 5.84 Å². The van der Waals surface area contributed by atoms with E-state index in [-0.39, 0.29) is 5.84 Å². The first-order chi connectivity index (χ1) is 7.56. The van der Waals surface area contributed by atoms with Crippen molar-refractivity contribution in [3.05, 3.63) is 29.3 Å². The van der Waals surface area contributed by atoms with Crippen molar-refractivity contribution in [2.75, 3.05) is 32.2 Å². The molecule has 0 aliphatic carbocycles. The second-order valence-electron chi connectivity index (χ2n) is 3.85. The van der Waals surface area contributed by atoms with Crippen molar-refractivity contribution in [3.8, 4) is 0 Å². The summed E-state index contributed by atoms with van der Waals surface area (Å²) in [4.78, 5) is 2.05. The molecular formula is C12H19N3O. The van der Waals surface area contributed by atoms with Crippen LogP contribution in [0.15, 0.2) is 18.2 Å². The van der Waals surface area contributed by atoms with Gasteiger partial charge in [0, 0.05) is 32.0 Å². The lowest BCUT2D eigenvalue weighted by Crippen LogP contribution is -2.25. The van der Waals surface area contributed by atoms with Crippen LogP contribution in [0.3, 0.4) is 0 Å². The van der Waals surface area contributed by atoms with E-state index in [2.05, 4.69) is 0 Å². The lowest BCUT2D eigenvalue weighted by Gasteiger charge is -2.22. The van der Waals surface area contributed by atoms with Gasteiger partial charge in [-0.15, -0.1) is 0 Å². The standard InChI is InChI=1S/C12H19N3O/c1-9-4-5-10(12(13)14)11(8-9)15(2)6-7-16-3/h4-5,8H,6-7H2,1-3H3,(H3,13,14). The first kappa shape index (κ1) is 12.5. The van der Waals surface area contributed by atoms with Crippen LogP contribution in [0.1, 0.15) is 11.1 Å². The molecule has 0 radical (unpaired) electrons. The number of nitrogen functional groups attached to an aromatic ring is 1. The molecule has 0 atom stereocenters. The molecule has 1 aromatic rings. The van der Waals surface area contributed by atoms with E-state index in [1.165, 1.54) is 0 Å². The number of aryl methyl sites for hydroxylation is 1. The number of hydrogen-bond donors (Lipinski definition) is 2. The highest BCUT2D eigenvalue weighted by Crippen LogP contribution is 2.20. The molecule has 0 fully saturated rings. The fraction of sp³-hybridized carbons (Fsp3) is 0.417. The molecule has 0 bridgehead atoms. The highest BCUT2D eigenvalue weighted by molar-refractivity contribution is 6.00. The van der Waals surface area contributed by atoms with Gasteiger partial charge in [-0.1, -0.05) is 6.07 Å². The lowest BCUT2D eigenvalue weighted by atomic mass is 10.1. The largest absolute Gasteiger partial charge is 0.384 e. The maximum Gasteiger partial charge on any atom is 0.124 e. The van der Waals surface area contributed by atoms with Crippen molar-refractivity contribution in [2.24, 2.45) is 5.73 Å². The summed E-state index contributed by atoms with van der Waals surface area (Å²) in [6.45, 7) is 3.46. The van der Waals surface area contributed by atoms with Gasteiger partial charge in [0.05, 0.1) is 6.61 Å². The summed E-state index contributed by atoms with van der Waals surface area (Å²) in [5.41, 5.74) is 8.46. The van der Waals surface area contributed by atoms with Crippen molar-refractivity contribution >= 4 is 11.5 Å². The van der Waals surface area contributed by atoms with Crippen LogP contribution < -0.4 is 10.6 Å². The van der Waals surface area contributed by atoms with Gasteiger partial charge in [-0.3, -0.25) is 5.41 Å². The number of nitrogens with zero attached hydrogens (tertiary/aromatic N) is 1. The number of benzene rings is 1. The number of ether oxygens (including phenoxy) is 1. The molecule has 0 spiro atoms. The Hall–Kier alpha value is -1.55. The molecule has 1 rings (SSSR count). The Morgan fingerprint density at radius 2 is 2.19 bits per heavy atom. The number of amidine groups is 1. The van der Waals surface area contributed by atoms with Crippen LogP contribution in [0.4, 0.5) is 5.69 Å². The number of nitrogens with two attached hydrogens (primary N) is 1. The zero-order valence-corrected chi connectivity index (χ0v) is 10.1. The Morgan fingerprint density at radius 3 is 2.75 bits per heavy atom. The van der Waals surface area contributed by atoms with Gasteiger partial charge >= 0.3 is 0 Å². The monoisotopic (exact) mass is 221 g/mol. The highest BCUT2D eigenvalue weighted by atomic mass is 16.5. The van der Waals surface area contributed by atoms with E-state index in [4.69, 9.17) is 15.9 Å². The van der Waals surface area contributed by atoms with Crippen LogP contribution in [0.2, 0.25) is 0 Å². The summed E-state index contributed by atoms with van der Waals surface area (Å²) in [5.74, 6) is 0.0965. The van der Waals surface area contributed by atoms with Gasteiger partial charge < -0.3 is 15.4 Å². The third-order valence-electron chi connectivity index (χ3n) is 2.49. The number of rotatable bonds is 5. The van der Waals surface area contributed by atoms with Crippen molar-refractivity contribution in [3.63, 3.8) is 0 Å². The molecular weight excluding hydrogens is 202 g/mol. The summed E-state index contributed by atoms with van der Waals surface area (Å²) in [6, 6.07) is 5.88. The smallest absolute Gasteiger partial charge is 0.124 e. The maximum absolute atomic E-state index is 7.54. The van der Waals surface area contributed by atoms with E-state index >= 15 is 0 Å². The molecule has 0 aliphatic heterocycles. The quantitative estimate of drug-likeness (QED) is 0.583. The van der Waals surface area contributed by atoms with Gasteiger partial charge in [0.15, 0.2) is 0 Å². The van der Waals surface area contributed by atoms with E-state index in [1.807, 2.05) is 37.1 Å². The summed E-state index contributed by atoms with van der Waals surface area (Å²) in [6.07, 6.45) is 0. The van der Waals surface area contributed by atoms with Gasteiger partial charge in [0.25, 0.3) is 0 Å². The van der Waals surface area contributed by atoms with Crippen LogP contribution in [0.25, 0.3) is 0 Å². The van der Waals surface area contributed by atoms with E-state index in [1.54, 1.807) is 7.11 Å². The molecule has 0 amide bonds. The normalized spacial score (nSPS) is 10.2. The lowest BCUT2D eigenvalue weighted by molar-refractivity contribution is 0.206. The Bertz CT molecular complexity index is 377. The third-order valence-corrected chi connectivity index (χ3v) is 2.49. The number of likely N-dealkylation sites (N-methyl/N-ethyl adjacent to an activating group) is 1. The summed E-state index contributed by atoms with van der Waals surface area (Å²) < 4.78 is 5.04. The number of anilines is 1. The van der Waals surface area contributed by atoms with Crippen molar-refractivity contribution in [1.29, 1.82) is 5.41 Å². The first-order valence-electron chi connectivity index (χ1n) is 5.21. The zero-order chi connectivity index (χ0) is 12.1. The van der Waals surface area contributed by atoms with Gasteiger partial charge in [-0.2, -0.15) is 0 Å². The Labute approximate surface area is 96.5 Å². The fourth-order valence-electron chi connectivity index (χ4n) is 1.53. The van der Waals surface area contributed by atoms with Crippen molar-refractivity contribution in [2.45, 2.75) is 6.92 Å². The predicted molar refractivity (Wildman–Crippen MR) is 67.3 cm³/mol. The summed E-state index contributed by atoms with van der Waals surface area (Å²) in [5, 5.41) is 7.54. The van der Waals surface area contributed by atoms with E-state index in [9.17, 15) is 0 Å². The molecule has 0 aliphatic rings. The Morgan fingerprint density at radius 1 is 1.50 bits per heavy atom. The SMILES string of the molecule is COCCN(C)c1cc(C)ccc1C(=N)N. The maximum atomic E-state index is 7.54. The van der Waals surface area contributed by atoms with Gasteiger partial charge in [0.2, 0.25) is 0 Å². The minimum Gasteiger partial charge on any atom is -0.384 e. The van der Waals surface area contributed by atoms with Gasteiger partial charge in [-0.05, 0) is 24.6 Å². The Kier molecular flexibility index (Phi) is 4.31. The second-order valence-corrected chi connectivity index (χ2v) is 3.85. The molecule has 0 unspecified atom stereocenters. The Balaban J connectivity index is 2.99. The van der Waals surface area contributed by atoms with Gasteiger partial charge in [-0.25, -0.2) is 0 Å². The number of nitrogens with one attached hydrogen (secondary N) is 1. The van der Waals surface area contributed by atoms with Crippen LogP contribution in [0, 0.1) is 12.3 Å². The fourth-order valence-corrected chi connectivity index (χ4v) is 1.53. The van der Waals surface area contributed by atoms with Crippen molar-refractivity contribution < 1.29 is 4.74 Å². The van der Waals surface area contributed by atoms with Crippen LogP contribution in [0.5, 0.6) is 0 Å². The van der Waals surface area contributed by atoms with Crippen molar-refractivity contribution in [1.82, 2.24) is 0 Å². The molecule has 0 heterocycles. The third kappa shape index (κ3) is 2.97. The van der Waals surface area contributed by atoms with E-state index in [0.29, 0.717) is 6.61 Å². The predicted octanol–water partition coefficient (Wildman–Crippen LogP) is 1.36. The average molecular weight is 221 g/mol.